The van der Waals surface area contributed by atoms with Gasteiger partial charge in [-0.15, -0.1) is 0 Å². The molecule has 6 heteroatoms. The molecule has 1 N–H and O–H groups in total. The molecule has 1 aromatic heterocycles. The van der Waals surface area contributed by atoms with Gasteiger partial charge in [0, 0.05) is 18.2 Å². The van der Waals surface area contributed by atoms with Gasteiger partial charge in [0.05, 0.1) is 20.4 Å². The molecule has 0 bridgehead atoms. The third kappa shape index (κ3) is 2.24. The minimum atomic E-state index is -1.04. The molecule has 100 valence electrons. The molecule has 0 saturated carbocycles. The van der Waals surface area contributed by atoms with Gasteiger partial charge in [0.1, 0.15) is 11.5 Å². The minimum absolute atomic E-state index is 0.103. The molecule has 6 nitrogen and oxygen atoms in total. The van der Waals surface area contributed by atoms with E-state index in [0.717, 1.165) is 0 Å². The quantitative estimate of drug-likeness (QED) is 0.909. The molecule has 0 amide bonds. The van der Waals surface area contributed by atoms with Gasteiger partial charge in [-0.2, -0.15) is 5.10 Å². The summed E-state index contributed by atoms with van der Waals surface area (Å²) in [5.74, 6) is 0.146. The zero-order valence-corrected chi connectivity index (χ0v) is 10.9. The predicted octanol–water partition coefficient (Wildman–Crippen LogP) is 1.80. The van der Waals surface area contributed by atoms with Crippen molar-refractivity contribution in [1.29, 1.82) is 0 Å². The van der Waals surface area contributed by atoms with Crippen LogP contribution in [0, 0.1) is 0 Å². The highest BCUT2D eigenvalue weighted by molar-refractivity contribution is 5.95. The summed E-state index contributed by atoms with van der Waals surface area (Å²) in [6.45, 7) is 0. The van der Waals surface area contributed by atoms with Crippen LogP contribution in [0.2, 0.25) is 0 Å². The molecule has 1 heterocycles. The minimum Gasteiger partial charge on any atom is -0.497 e. The summed E-state index contributed by atoms with van der Waals surface area (Å²) in [6.07, 6.45) is 1.50. The third-order valence-electron chi connectivity index (χ3n) is 2.84. The van der Waals surface area contributed by atoms with Crippen molar-refractivity contribution in [2.75, 3.05) is 14.2 Å². The Balaban J connectivity index is 2.67. The standard InChI is InChI=1S/C13H14N2O4/c1-15-12(13(16)17)10(7-14-15)9-6-8(18-2)4-5-11(9)19-3/h4-7H,1-3H3,(H,16,17). The van der Waals surface area contributed by atoms with Gasteiger partial charge in [0.15, 0.2) is 5.69 Å². The van der Waals surface area contributed by atoms with E-state index >= 15 is 0 Å². The van der Waals surface area contributed by atoms with Gasteiger partial charge in [-0.05, 0) is 18.2 Å². The van der Waals surface area contributed by atoms with Crippen LogP contribution in [-0.4, -0.2) is 35.1 Å². The first kappa shape index (κ1) is 12.9. The highest BCUT2D eigenvalue weighted by atomic mass is 16.5. The summed E-state index contributed by atoms with van der Waals surface area (Å²) < 4.78 is 11.7. The Bertz CT molecular complexity index is 619. The van der Waals surface area contributed by atoms with Crippen molar-refractivity contribution in [3.8, 4) is 22.6 Å². The number of ether oxygens (including phenoxy) is 2. The van der Waals surface area contributed by atoms with E-state index in [1.54, 1.807) is 32.4 Å². The summed E-state index contributed by atoms with van der Waals surface area (Å²) in [7, 11) is 4.66. The molecule has 0 fully saturated rings. The Labute approximate surface area is 110 Å². The number of aromatic carboxylic acids is 1. The van der Waals surface area contributed by atoms with Crippen molar-refractivity contribution in [3.05, 3.63) is 30.1 Å². The van der Waals surface area contributed by atoms with Crippen LogP contribution in [0.4, 0.5) is 0 Å². The number of carboxylic acid groups (broad SMARTS) is 1. The van der Waals surface area contributed by atoms with Gasteiger partial charge < -0.3 is 14.6 Å². The second-order valence-corrected chi connectivity index (χ2v) is 3.90. The fraction of sp³-hybridized carbons (Fsp3) is 0.231. The molecule has 0 unspecified atom stereocenters. The topological polar surface area (TPSA) is 73.6 Å². The fourth-order valence-corrected chi connectivity index (χ4v) is 1.91. The normalized spacial score (nSPS) is 10.3. The zero-order valence-electron chi connectivity index (χ0n) is 10.9. The van der Waals surface area contributed by atoms with Gasteiger partial charge >= 0.3 is 5.97 Å². The first-order valence-corrected chi connectivity index (χ1v) is 5.56. The lowest BCUT2D eigenvalue weighted by atomic mass is 10.0. The van der Waals surface area contributed by atoms with Gasteiger partial charge in [-0.3, -0.25) is 4.68 Å². The molecule has 0 aliphatic carbocycles. The maximum Gasteiger partial charge on any atom is 0.354 e. The first-order chi connectivity index (χ1) is 9.08. The molecule has 0 atom stereocenters. The number of carbonyl (C=O) groups is 1. The lowest BCUT2D eigenvalue weighted by Gasteiger charge is -2.10. The van der Waals surface area contributed by atoms with Crippen LogP contribution >= 0.6 is 0 Å². The fourth-order valence-electron chi connectivity index (χ4n) is 1.91. The largest absolute Gasteiger partial charge is 0.497 e. The van der Waals surface area contributed by atoms with Crippen LogP contribution in [0.15, 0.2) is 24.4 Å². The second kappa shape index (κ2) is 5.01. The van der Waals surface area contributed by atoms with Crippen molar-refractivity contribution in [2.24, 2.45) is 7.05 Å². The molecule has 19 heavy (non-hydrogen) atoms. The van der Waals surface area contributed by atoms with E-state index < -0.39 is 5.97 Å². The molecule has 1 aromatic carbocycles. The highest BCUT2D eigenvalue weighted by Crippen LogP contribution is 2.35. The number of aryl methyl sites for hydroxylation is 1. The van der Waals surface area contributed by atoms with Gasteiger partial charge in [0.25, 0.3) is 0 Å². The Kier molecular flexibility index (Phi) is 3.41. The molecule has 0 aliphatic rings. The monoisotopic (exact) mass is 262 g/mol. The van der Waals surface area contributed by atoms with Crippen LogP contribution in [0.1, 0.15) is 10.5 Å². The van der Waals surface area contributed by atoms with E-state index in [2.05, 4.69) is 5.10 Å². The second-order valence-electron chi connectivity index (χ2n) is 3.90. The number of rotatable bonds is 4. The Morgan fingerprint density at radius 3 is 2.58 bits per heavy atom. The van der Waals surface area contributed by atoms with Crippen LogP contribution in [-0.2, 0) is 7.05 Å². The summed E-state index contributed by atoms with van der Waals surface area (Å²) in [5.41, 5.74) is 1.23. The van der Waals surface area contributed by atoms with E-state index in [0.29, 0.717) is 22.6 Å². The SMILES string of the molecule is COc1ccc(OC)c(-c2cnn(C)c2C(=O)O)c1. The van der Waals surface area contributed by atoms with Crippen molar-refractivity contribution >= 4 is 5.97 Å². The van der Waals surface area contributed by atoms with E-state index in [1.165, 1.54) is 18.0 Å². The average Bonchev–Trinajstić information content (AvgIpc) is 2.79. The summed E-state index contributed by atoms with van der Waals surface area (Å²) in [6, 6.07) is 5.20. The third-order valence-corrected chi connectivity index (χ3v) is 2.84. The number of methoxy groups -OCH3 is 2. The zero-order chi connectivity index (χ0) is 14.0. The highest BCUT2D eigenvalue weighted by Gasteiger charge is 2.20. The summed E-state index contributed by atoms with van der Waals surface area (Å²) >= 11 is 0. The molecular formula is C13H14N2O4. The average molecular weight is 262 g/mol. The molecule has 2 rings (SSSR count). The number of carboxylic acids is 1. The molecule has 0 radical (unpaired) electrons. The van der Waals surface area contributed by atoms with Gasteiger partial charge in [-0.25, -0.2) is 4.79 Å². The van der Waals surface area contributed by atoms with Crippen molar-refractivity contribution < 1.29 is 19.4 Å². The number of hydrogen-bond donors (Lipinski definition) is 1. The molecule has 0 saturated heterocycles. The lowest BCUT2D eigenvalue weighted by molar-refractivity contribution is 0.0686. The Hall–Kier alpha value is -2.50. The Morgan fingerprint density at radius 2 is 2.00 bits per heavy atom. The van der Waals surface area contributed by atoms with Crippen LogP contribution in [0.25, 0.3) is 11.1 Å². The summed E-state index contributed by atoms with van der Waals surface area (Å²) in [4.78, 5) is 11.3. The maximum absolute atomic E-state index is 11.3. The van der Waals surface area contributed by atoms with Crippen molar-refractivity contribution in [1.82, 2.24) is 9.78 Å². The number of aromatic nitrogens is 2. The van der Waals surface area contributed by atoms with E-state index in [9.17, 15) is 9.90 Å². The molecular weight excluding hydrogens is 248 g/mol. The number of hydrogen-bond acceptors (Lipinski definition) is 4. The van der Waals surface area contributed by atoms with E-state index in [-0.39, 0.29) is 5.69 Å². The smallest absolute Gasteiger partial charge is 0.354 e. The van der Waals surface area contributed by atoms with E-state index in [4.69, 9.17) is 9.47 Å². The number of benzene rings is 1. The lowest BCUT2D eigenvalue weighted by Crippen LogP contribution is -2.07. The van der Waals surface area contributed by atoms with E-state index in [1.807, 2.05) is 0 Å². The predicted molar refractivity (Wildman–Crippen MR) is 68.7 cm³/mol. The van der Waals surface area contributed by atoms with Gasteiger partial charge in [-0.1, -0.05) is 0 Å². The Morgan fingerprint density at radius 1 is 1.26 bits per heavy atom. The van der Waals surface area contributed by atoms with Crippen LogP contribution in [0.3, 0.4) is 0 Å². The van der Waals surface area contributed by atoms with Crippen molar-refractivity contribution in [2.45, 2.75) is 0 Å². The van der Waals surface area contributed by atoms with Crippen molar-refractivity contribution in [3.63, 3.8) is 0 Å². The maximum atomic E-state index is 11.3. The first-order valence-electron chi connectivity index (χ1n) is 5.56. The molecule has 0 spiro atoms. The number of nitrogens with zero attached hydrogens (tertiary/aromatic N) is 2. The summed E-state index contributed by atoms with van der Waals surface area (Å²) in [5, 5.41) is 13.2. The van der Waals surface area contributed by atoms with Crippen LogP contribution in [0.5, 0.6) is 11.5 Å². The molecule has 0 aliphatic heterocycles. The molecule has 2 aromatic rings. The van der Waals surface area contributed by atoms with Gasteiger partial charge in [0.2, 0.25) is 0 Å². The van der Waals surface area contributed by atoms with Crippen LogP contribution < -0.4 is 9.47 Å².